The summed E-state index contributed by atoms with van der Waals surface area (Å²) in [7, 11) is 0. The lowest BCUT2D eigenvalue weighted by molar-refractivity contribution is -0.137. The second kappa shape index (κ2) is 10.8. The van der Waals surface area contributed by atoms with E-state index in [0.29, 0.717) is 24.6 Å². The molecule has 0 aliphatic rings. The third-order valence-corrected chi connectivity index (χ3v) is 4.63. The molecule has 0 aliphatic heterocycles. The van der Waals surface area contributed by atoms with Gasteiger partial charge in [0.2, 0.25) is 11.8 Å². The topological polar surface area (TPSA) is 70.7 Å². The number of nitrogens with zero attached hydrogens (tertiary/aromatic N) is 1. The van der Waals surface area contributed by atoms with Crippen molar-refractivity contribution in [3.8, 4) is 5.75 Å². The molecule has 1 atom stereocenters. The smallest absolute Gasteiger partial charge is 0.418 e. The van der Waals surface area contributed by atoms with E-state index in [1.54, 1.807) is 43.0 Å². The fraction of sp³-hybridized carbons (Fsp3) is 0.364. The summed E-state index contributed by atoms with van der Waals surface area (Å²) in [6, 6.07) is 11.0. The minimum atomic E-state index is -4.59. The summed E-state index contributed by atoms with van der Waals surface area (Å²) in [5, 5.41) is 5.07. The van der Waals surface area contributed by atoms with Gasteiger partial charge in [0.15, 0.2) is 0 Å². The van der Waals surface area contributed by atoms with Crippen molar-refractivity contribution in [2.75, 3.05) is 30.3 Å². The van der Waals surface area contributed by atoms with Gasteiger partial charge in [-0.3, -0.25) is 14.5 Å². The van der Waals surface area contributed by atoms with Gasteiger partial charge in [0.05, 0.1) is 36.1 Å². The first-order valence-corrected chi connectivity index (χ1v) is 9.90. The van der Waals surface area contributed by atoms with Crippen molar-refractivity contribution >= 4 is 23.2 Å². The minimum absolute atomic E-state index is 0.246. The standard InChI is InChI=1S/C22H26F3N3O3/c1-4-28(14-20(29)26-17-11-7-6-10-16(17)22(23,24)25)15(3)21(30)27-18-12-8-9-13-19(18)31-5-2/h6-13,15H,4-5,14H2,1-3H3,(H,26,29)(H,27,30). The van der Waals surface area contributed by atoms with Gasteiger partial charge in [-0.05, 0) is 44.7 Å². The number of halogens is 3. The predicted molar refractivity (Wildman–Crippen MR) is 113 cm³/mol. The third kappa shape index (κ3) is 6.71. The maximum atomic E-state index is 13.1. The first kappa shape index (κ1) is 24.2. The summed E-state index contributed by atoms with van der Waals surface area (Å²) in [6.45, 7) is 5.74. The molecule has 0 bridgehead atoms. The van der Waals surface area contributed by atoms with Crippen LogP contribution in [0.25, 0.3) is 0 Å². The third-order valence-electron chi connectivity index (χ3n) is 4.63. The van der Waals surface area contributed by atoms with Crippen LogP contribution in [0, 0.1) is 0 Å². The lowest BCUT2D eigenvalue weighted by atomic mass is 10.1. The highest BCUT2D eigenvalue weighted by atomic mass is 19.4. The Balaban J connectivity index is 2.06. The summed E-state index contributed by atoms with van der Waals surface area (Å²) >= 11 is 0. The van der Waals surface area contributed by atoms with Crippen molar-refractivity contribution in [2.24, 2.45) is 0 Å². The molecule has 0 heterocycles. The maximum absolute atomic E-state index is 13.1. The van der Waals surface area contributed by atoms with E-state index in [0.717, 1.165) is 6.07 Å². The number of carbonyl (C=O) groups excluding carboxylic acids is 2. The van der Waals surface area contributed by atoms with E-state index in [9.17, 15) is 22.8 Å². The van der Waals surface area contributed by atoms with Crippen LogP contribution in [0.4, 0.5) is 24.5 Å². The molecule has 0 fully saturated rings. The van der Waals surface area contributed by atoms with Gasteiger partial charge in [0, 0.05) is 0 Å². The van der Waals surface area contributed by atoms with Crippen LogP contribution in [-0.2, 0) is 15.8 Å². The molecule has 0 spiro atoms. The first-order valence-electron chi connectivity index (χ1n) is 9.90. The molecule has 0 aliphatic carbocycles. The van der Waals surface area contributed by atoms with Gasteiger partial charge in [0.1, 0.15) is 5.75 Å². The van der Waals surface area contributed by atoms with E-state index in [1.807, 2.05) is 6.92 Å². The molecule has 0 saturated heterocycles. The summed E-state index contributed by atoms with van der Waals surface area (Å²) < 4.78 is 44.9. The largest absolute Gasteiger partial charge is 0.492 e. The predicted octanol–water partition coefficient (Wildman–Crippen LogP) is 4.39. The Morgan fingerprint density at radius 3 is 2.23 bits per heavy atom. The molecule has 2 aromatic carbocycles. The summed E-state index contributed by atoms with van der Waals surface area (Å²) in [5.74, 6) is -0.486. The van der Waals surface area contributed by atoms with Gasteiger partial charge in [-0.1, -0.05) is 31.2 Å². The molecule has 2 amide bonds. The molecule has 0 aromatic heterocycles. The Hall–Kier alpha value is -3.07. The molecule has 6 nitrogen and oxygen atoms in total. The average Bonchev–Trinajstić information content (AvgIpc) is 2.72. The Morgan fingerprint density at radius 1 is 1.00 bits per heavy atom. The van der Waals surface area contributed by atoms with Gasteiger partial charge in [-0.25, -0.2) is 0 Å². The molecule has 2 N–H and O–H groups in total. The molecule has 31 heavy (non-hydrogen) atoms. The number of hydrogen-bond acceptors (Lipinski definition) is 4. The molecular formula is C22H26F3N3O3. The quantitative estimate of drug-likeness (QED) is 0.610. The van der Waals surface area contributed by atoms with Crippen LogP contribution in [-0.4, -0.2) is 42.5 Å². The summed E-state index contributed by atoms with van der Waals surface area (Å²) in [4.78, 5) is 26.7. The van der Waals surface area contributed by atoms with E-state index in [1.165, 1.54) is 18.2 Å². The molecule has 168 valence electrons. The zero-order valence-electron chi connectivity index (χ0n) is 17.6. The van der Waals surface area contributed by atoms with Crippen molar-refractivity contribution in [3.05, 3.63) is 54.1 Å². The van der Waals surface area contributed by atoms with E-state index in [4.69, 9.17) is 4.74 Å². The molecule has 0 radical (unpaired) electrons. The van der Waals surface area contributed by atoms with Gasteiger partial charge in [-0.2, -0.15) is 13.2 Å². The Morgan fingerprint density at radius 2 is 1.61 bits per heavy atom. The number of alkyl halides is 3. The maximum Gasteiger partial charge on any atom is 0.418 e. The molecule has 2 rings (SSSR count). The highest BCUT2D eigenvalue weighted by Gasteiger charge is 2.33. The molecule has 0 saturated carbocycles. The molecule has 2 aromatic rings. The van der Waals surface area contributed by atoms with E-state index in [-0.39, 0.29) is 18.1 Å². The van der Waals surface area contributed by atoms with Gasteiger partial charge >= 0.3 is 6.18 Å². The van der Waals surface area contributed by atoms with Crippen molar-refractivity contribution in [1.82, 2.24) is 4.90 Å². The number of para-hydroxylation sites is 3. The fourth-order valence-corrected chi connectivity index (χ4v) is 2.99. The minimum Gasteiger partial charge on any atom is -0.492 e. The van der Waals surface area contributed by atoms with Gasteiger partial charge < -0.3 is 15.4 Å². The first-order chi connectivity index (χ1) is 14.7. The summed E-state index contributed by atoms with van der Waals surface area (Å²) in [6.07, 6.45) is -4.59. The highest BCUT2D eigenvalue weighted by molar-refractivity contribution is 5.97. The number of likely N-dealkylation sites (N-methyl/N-ethyl adjacent to an activating group) is 1. The highest BCUT2D eigenvalue weighted by Crippen LogP contribution is 2.34. The fourth-order valence-electron chi connectivity index (χ4n) is 2.99. The van der Waals surface area contributed by atoms with Crippen molar-refractivity contribution < 1.29 is 27.5 Å². The van der Waals surface area contributed by atoms with E-state index in [2.05, 4.69) is 10.6 Å². The number of benzene rings is 2. The van der Waals surface area contributed by atoms with Crippen molar-refractivity contribution in [3.63, 3.8) is 0 Å². The SMILES string of the molecule is CCOc1ccccc1NC(=O)C(C)N(CC)CC(=O)Nc1ccccc1C(F)(F)F. The van der Waals surface area contributed by atoms with Crippen LogP contribution in [0.2, 0.25) is 0 Å². The number of nitrogens with one attached hydrogen (secondary N) is 2. The monoisotopic (exact) mass is 437 g/mol. The number of rotatable bonds is 9. The van der Waals surface area contributed by atoms with Gasteiger partial charge in [-0.15, -0.1) is 0 Å². The second-order valence-electron chi connectivity index (χ2n) is 6.75. The zero-order valence-corrected chi connectivity index (χ0v) is 17.6. The number of amides is 2. The number of anilines is 2. The van der Waals surface area contributed by atoms with Crippen LogP contribution < -0.4 is 15.4 Å². The van der Waals surface area contributed by atoms with Crippen LogP contribution >= 0.6 is 0 Å². The number of carbonyl (C=O) groups is 2. The lowest BCUT2D eigenvalue weighted by Crippen LogP contribution is -2.45. The van der Waals surface area contributed by atoms with Crippen molar-refractivity contribution in [2.45, 2.75) is 33.0 Å². The molecule has 9 heteroatoms. The van der Waals surface area contributed by atoms with Crippen LogP contribution in [0.1, 0.15) is 26.3 Å². The second-order valence-corrected chi connectivity index (χ2v) is 6.75. The van der Waals surface area contributed by atoms with Crippen molar-refractivity contribution in [1.29, 1.82) is 0 Å². The Bertz CT molecular complexity index is 903. The van der Waals surface area contributed by atoms with Gasteiger partial charge in [0.25, 0.3) is 0 Å². The Kier molecular flexibility index (Phi) is 8.44. The van der Waals surface area contributed by atoms with Crippen LogP contribution in [0.5, 0.6) is 5.75 Å². The number of ether oxygens (including phenoxy) is 1. The number of hydrogen-bond donors (Lipinski definition) is 2. The lowest BCUT2D eigenvalue weighted by Gasteiger charge is -2.26. The average molecular weight is 437 g/mol. The van der Waals surface area contributed by atoms with E-state index < -0.39 is 23.7 Å². The van der Waals surface area contributed by atoms with E-state index >= 15 is 0 Å². The summed E-state index contributed by atoms with van der Waals surface area (Å²) in [5.41, 5.74) is -0.746. The molecule has 1 unspecified atom stereocenters. The normalized spacial score (nSPS) is 12.4. The molecular weight excluding hydrogens is 411 g/mol. The Labute approximate surface area is 179 Å². The zero-order chi connectivity index (χ0) is 23.0. The van der Waals surface area contributed by atoms with Crippen LogP contribution in [0.15, 0.2) is 48.5 Å². The van der Waals surface area contributed by atoms with Crippen LogP contribution in [0.3, 0.4) is 0 Å².